The number of nitrogens with zero attached hydrogens (tertiary/aromatic N) is 4. The number of aromatic amines is 1. The van der Waals surface area contributed by atoms with Gasteiger partial charge in [-0.05, 0) is 30.6 Å². The number of anilines is 1. The smallest absolute Gasteiger partial charge is 0.130 e. The Labute approximate surface area is 166 Å². The Hall–Kier alpha value is -2.07. The molecule has 2 saturated heterocycles. The number of aliphatic hydroxyl groups is 1. The lowest BCUT2D eigenvalue weighted by Crippen LogP contribution is -2.44. The van der Waals surface area contributed by atoms with Gasteiger partial charge in [-0.25, -0.2) is 4.98 Å². The van der Waals surface area contributed by atoms with Gasteiger partial charge in [0.15, 0.2) is 0 Å². The SMILES string of the molecule is C[C@@H]1COCCN1c1cc(C2(O)CCOCC2)c2snc(-c3ccn[nH]3)c2n1. The minimum atomic E-state index is -0.929. The Balaban J connectivity index is 1.70. The molecule has 0 spiro atoms. The monoisotopic (exact) mass is 401 g/mol. The number of hydrogen-bond donors (Lipinski definition) is 2. The first kappa shape index (κ1) is 18.0. The molecule has 3 aromatic rings. The van der Waals surface area contributed by atoms with Crippen molar-refractivity contribution in [3.8, 4) is 11.4 Å². The number of H-pyrrole nitrogens is 1. The second-order valence-corrected chi connectivity index (χ2v) is 8.24. The Bertz CT molecular complexity index is 968. The maximum atomic E-state index is 11.5. The number of pyridine rings is 1. The Kier molecular flexibility index (Phi) is 4.54. The molecular weight excluding hydrogens is 378 g/mol. The first-order chi connectivity index (χ1) is 13.7. The highest BCUT2D eigenvalue weighted by atomic mass is 32.1. The van der Waals surface area contributed by atoms with Gasteiger partial charge in [0.1, 0.15) is 17.0 Å². The van der Waals surface area contributed by atoms with Crippen LogP contribution in [0.5, 0.6) is 0 Å². The second kappa shape index (κ2) is 7.07. The van der Waals surface area contributed by atoms with Crippen molar-refractivity contribution in [3.63, 3.8) is 0 Å². The topological polar surface area (TPSA) is 96.4 Å². The number of fused-ring (bicyclic) bond motifs is 1. The molecule has 2 N–H and O–H groups in total. The molecule has 5 rings (SSSR count). The number of hydrogen-bond acceptors (Lipinski definition) is 8. The lowest BCUT2D eigenvalue weighted by molar-refractivity contribution is -0.0669. The predicted molar refractivity (Wildman–Crippen MR) is 107 cm³/mol. The molecule has 0 aliphatic carbocycles. The van der Waals surface area contributed by atoms with Crippen LogP contribution < -0.4 is 4.90 Å². The summed E-state index contributed by atoms with van der Waals surface area (Å²) in [4.78, 5) is 7.23. The van der Waals surface area contributed by atoms with Crippen LogP contribution in [0.15, 0.2) is 18.3 Å². The van der Waals surface area contributed by atoms with Crippen LogP contribution in [0.4, 0.5) is 5.82 Å². The van der Waals surface area contributed by atoms with E-state index in [2.05, 4.69) is 26.4 Å². The molecule has 0 radical (unpaired) electrons. The zero-order valence-electron chi connectivity index (χ0n) is 15.7. The van der Waals surface area contributed by atoms with Crippen molar-refractivity contribution in [2.75, 3.05) is 37.9 Å². The zero-order chi connectivity index (χ0) is 19.1. The van der Waals surface area contributed by atoms with Gasteiger partial charge < -0.3 is 19.5 Å². The van der Waals surface area contributed by atoms with Crippen LogP contribution in [0.2, 0.25) is 0 Å². The van der Waals surface area contributed by atoms with Gasteiger partial charge in [-0.2, -0.15) is 9.47 Å². The summed E-state index contributed by atoms with van der Waals surface area (Å²) in [5.41, 5.74) is 2.38. The van der Waals surface area contributed by atoms with E-state index in [9.17, 15) is 5.11 Å². The summed E-state index contributed by atoms with van der Waals surface area (Å²) in [5.74, 6) is 0.860. The van der Waals surface area contributed by atoms with E-state index in [0.717, 1.165) is 39.5 Å². The van der Waals surface area contributed by atoms with E-state index in [-0.39, 0.29) is 6.04 Å². The lowest BCUT2D eigenvalue weighted by Gasteiger charge is -2.36. The molecule has 148 valence electrons. The number of morpholine rings is 1. The van der Waals surface area contributed by atoms with E-state index >= 15 is 0 Å². The number of aromatic nitrogens is 4. The summed E-state index contributed by atoms with van der Waals surface area (Å²) in [6.07, 6.45) is 2.85. The van der Waals surface area contributed by atoms with E-state index < -0.39 is 5.60 Å². The largest absolute Gasteiger partial charge is 0.385 e. The molecule has 0 aromatic carbocycles. The van der Waals surface area contributed by atoms with Gasteiger partial charge in [-0.3, -0.25) is 5.10 Å². The van der Waals surface area contributed by atoms with Crippen LogP contribution in [0.3, 0.4) is 0 Å². The van der Waals surface area contributed by atoms with Crippen LogP contribution in [-0.4, -0.2) is 63.7 Å². The fourth-order valence-corrected chi connectivity index (χ4v) is 4.95. The molecule has 1 atom stereocenters. The first-order valence-electron chi connectivity index (χ1n) is 9.61. The first-order valence-corrected chi connectivity index (χ1v) is 10.4. The summed E-state index contributed by atoms with van der Waals surface area (Å²) in [7, 11) is 0. The van der Waals surface area contributed by atoms with Gasteiger partial charge in [-0.1, -0.05) is 0 Å². The fourth-order valence-electron chi connectivity index (χ4n) is 4.01. The van der Waals surface area contributed by atoms with Gasteiger partial charge in [0, 0.05) is 44.4 Å². The van der Waals surface area contributed by atoms with E-state index in [1.807, 2.05) is 12.1 Å². The van der Waals surface area contributed by atoms with Crippen molar-refractivity contribution < 1.29 is 14.6 Å². The Morgan fingerprint density at radius 2 is 2.14 bits per heavy atom. The number of ether oxygens (including phenoxy) is 2. The van der Waals surface area contributed by atoms with Gasteiger partial charge in [0.2, 0.25) is 0 Å². The van der Waals surface area contributed by atoms with E-state index in [0.29, 0.717) is 39.3 Å². The third-order valence-electron chi connectivity index (χ3n) is 5.65. The van der Waals surface area contributed by atoms with Crippen molar-refractivity contribution in [3.05, 3.63) is 23.9 Å². The molecule has 2 aliphatic rings. The molecular formula is C19H23N5O3S. The summed E-state index contributed by atoms with van der Waals surface area (Å²) in [5, 5.41) is 18.5. The van der Waals surface area contributed by atoms with E-state index in [1.165, 1.54) is 11.5 Å². The molecule has 0 bridgehead atoms. The van der Waals surface area contributed by atoms with Gasteiger partial charge >= 0.3 is 0 Å². The normalized spacial score (nSPS) is 22.6. The van der Waals surface area contributed by atoms with Crippen molar-refractivity contribution in [1.82, 2.24) is 19.6 Å². The van der Waals surface area contributed by atoms with Crippen molar-refractivity contribution in [2.24, 2.45) is 0 Å². The molecule has 5 heterocycles. The zero-order valence-corrected chi connectivity index (χ0v) is 16.5. The van der Waals surface area contributed by atoms with Crippen molar-refractivity contribution >= 4 is 27.6 Å². The maximum absolute atomic E-state index is 11.5. The third kappa shape index (κ3) is 2.98. The van der Waals surface area contributed by atoms with Crippen LogP contribution in [0.25, 0.3) is 21.6 Å². The fraction of sp³-hybridized carbons (Fsp3) is 0.526. The van der Waals surface area contributed by atoms with Crippen LogP contribution in [0, 0.1) is 0 Å². The molecule has 3 aromatic heterocycles. The standard InChI is InChI=1S/C19H23N5O3S/c1-12-11-27-9-6-24(12)15-10-13(19(25)3-7-26-8-4-19)18-17(21-15)16(23-28-18)14-2-5-20-22-14/h2,5,10,12,25H,3-4,6-9,11H2,1H3,(H,20,22)/t12-/m1/s1. The van der Waals surface area contributed by atoms with Crippen molar-refractivity contribution in [2.45, 2.75) is 31.4 Å². The van der Waals surface area contributed by atoms with E-state index in [1.54, 1.807) is 6.20 Å². The summed E-state index contributed by atoms with van der Waals surface area (Å²) in [6, 6.07) is 4.16. The molecule has 28 heavy (non-hydrogen) atoms. The molecule has 8 nitrogen and oxygen atoms in total. The highest BCUT2D eigenvalue weighted by Crippen LogP contribution is 2.42. The average molecular weight is 401 g/mol. The molecule has 2 fully saturated rings. The second-order valence-electron chi connectivity index (χ2n) is 7.47. The highest BCUT2D eigenvalue weighted by Gasteiger charge is 2.36. The summed E-state index contributed by atoms with van der Waals surface area (Å²) < 4.78 is 16.7. The number of rotatable bonds is 3. The van der Waals surface area contributed by atoms with Gasteiger partial charge in [0.05, 0.1) is 35.3 Å². The Morgan fingerprint density at radius 1 is 1.29 bits per heavy atom. The molecule has 0 amide bonds. The molecule has 2 aliphatic heterocycles. The maximum Gasteiger partial charge on any atom is 0.130 e. The average Bonchev–Trinajstić information content (AvgIpc) is 3.37. The number of nitrogens with one attached hydrogen (secondary N) is 1. The Morgan fingerprint density at radius 3 is 2.89 bits per heavy atom. The van der Waals surface area contributed by atoms with Crippen LogP contribution >= 0.6 is 11.5 Å². The highest BCUT2D eigenvalue weighted by molar-refractivity contribution is 7.13. The summed E-state index contributed by atoms with van der Waals surface area (Å²) >= 11 is 1.38. The van der Waals surface area contributed by atoms with Gasteiger partial charge in [0.25, 0.3) is 0 Å². The lowest BCUT2D eigenvalue weighted by atomic mass is 9.86. The summed E-state index contributed by atoms with van der Waals surface area (Å²) in [6.45, 7) is 5.36. The molecule has 0 saturated carbocycles. The van der Waals surface area contributed by atoms with Crippen LogP contribution in [-0.2, 0) is 15.1 Å². The quantitative estimate of drug-likeness (QED) is 0.695. The van der Waals surface area contributed by atoms with Crippen LogP contribution in [0.1, 0.15) is 25.3 Å². The van der Waals surface area contributed by atoms with Crippen molar-refractivity contribution in [1.29, 1.82) is 0 Å². The predicted octanol–water partition coefficient (Wildman–Crippen LogP) is 2.30. The van der Waals surface area contributed by atoms with Gasteiger partial charge in [-0.15, -0.1) is 0 Å². The third-order valence-corrected chi connectivity index (χ3v) is 6.52. The van der Waals surface area contributed by atoms with E-state index in [4.69, 9.17) is 14.5 Å². The molecule has 0 unspecified atom stereocenters. The minimum Gasteiger partial charge on any atom is -0.385 e. The molecule has 9 heteroatoms. The minimum absolute atomic E-state index is 0.220.